The van der Waals surface area contributed by atoms with E-state index in [0.29, 0.717) is 12.2 Å². The number of hydrogen-bond donors (Lipinski definition) is 2. The third kappa shape index (κ3) is 3.35. The third-order valence-corrected chi connectivity index (χ3v) is 3.06. The molecule has 0 unspecified atom stereocenters. The van der Waals surface area contributed by atoms with Crippen molar-refractivity contribution < 1.29 is 4.74 Å². The molecule has 0 aliphatic carbocycles. The molecule has 98 valence electrons. The summed E-state index contributed by atoms with van der Waals surface area (Å²) in [7, 11) is 0. The van der Waals surface area contributed by atoms with Crippen LogP contribution < -0.4 is 10.5 Å². The number of hydrogen-bond acceptors (Lipinski definition) is 2. The highest BCUT2D eigenvalue weighted by Crippen LogP contribution is 2.16. The van der Waals surface area contributed by atoms with Gasteiger partial charge in [-0.25, -0.2) is 0 Å². The quantitative estimate of drug-likeness (QED) is 0.650. The van der Waals surface area contributed by atoms with E-state index in [1.807, 2.05) is 12.1 Å². The predicted octanol–water partition coefficient (Wildman–Crippen LogP) is 3.17. The van der Waals surface area contributed by atoms with Crippen LogP contribution in [0.1, 0.15) is 22.3 Å². The molecule has 0 heterocycles. The van der Waals surface area contributed by atoms with E-state index in [-0.39, 0.29) is 5.84 Å². The van der Waals surface area contributed by atoms with E-state index in [2.05, 4.69) is 32.0 Å². The zero-order valence-electron chi connectivity index (χ0n) is 11.2. The fourth-order valence-corrected chi connectivity index (χ4v) is 1.85. The van der Waals surface area contributed by atoms with Gasteiger partial charge >= 0.3 is 0 Å². The van der Waals surface area contributed by atoms with Gasteiger partial charge in [0.2, 0.25) is 0 Å². The maximum atomic E-state index is 7.33. The molecule has 0 aliphatic heterocycles. The van der Waals surface area contributed by atoms with Gasteiger partial charge in [0.1, 0.15) is 18.2 Å². The third-order valence-electron chi connectivity index (χ3n) is 3.06. The Hall–Kier alpha value is -2.29. The maximum absolute atomic E-state index is 7.33. The van der Waals surface area contributed by atoms with E-state index in [0.717, 1.165) is 5.75 Å². The molecule has 0 fully saturated rings. The summed E-state index contributed by atoms with van der Waals surface area (Å²) in [6.07, 6.45) is 0. The highest BCUT2D eigenvalue weighted by atomic mass is 16.5. The summed E-state index contributed by atoms with van der Waals surface area (Å²) >= 11 is 0. The SMILES string of the molecule is Cc1ccc(C)c(COc2ccc(C(=N)N)cc2)c1. The largest absolute Gasteiger partial charge is 0.489 e. The number of nitrogens with two attached hydrogens (primary N) is 1. The van der Waals surface area contributed by atoms with Gasteiger partial charge in [-0.05, 0) is 49.2 Å². The Bertz CT molecular complexity index is 588. The van der Waals surface area contributed by atoms with Crippen molar-refractivity contribution >= 4 is 5.84 Å². The summed E-state index contributed by atoms with van der Waals surface area (Å²) in [6, 6.07) is 13.6. The Morgan fingerprint density at radius 1 is 1.11 bits per heavy atom. The average Bonchev–Trinajstić information content (AvgIpc) is 2.40. The lowest BCUT2D eigenvalue weighted by molar-refractivity contribution is 0.305. The van der Waals surface area contributed by atoms with Crippen LogP contribution in [-0.2, 0) is 6.61 Å². The Kier molecular flexibility index (Phi) is 3.85. The summed E-state index contributed by atoms with van der Waals surface area (Å²) in [5, 5.41) is 7.33. The number of rotatable bonds is 4. The molecule has 3 N–H and O–H groups in total. The minimum absolute atomic E-state index is 0.0704. The number of amidine groups is 1. The number of nitrogen functional groups attached to an aromatic ring is 1. The van der Waals surface area contributed by atoms with Gasteiger partial charge < -0.3 is 10.5 Å². The van der Waals surface area contributed by atoms with Gasteiger partial charge in [-0.1, -0.05) is 23.8 Å². The standard InChI is InChI=1S/C16H18N2O/c1-11-3-4-12(2)14(9-11)10-19-15-7-5-13(6-8-15)16(17)18/h3-9H,10H2,1-2H3,(H3,17,18). The second kappa shape index (κ2) is 5.57. The molecule has 2 aromatic rings. The van der Waals surface area contributed by atoms with Crippen molar-refractivity contribution in [3.05, 3.63) is 64.7 Å². The second-order valence-electron chi connectivity index (χ2n) is 4.66. The summed E-state index contributed by atoms with van der Waals surface area (Å²) in [6.45, 7) is 4.70. The molecule has 0 saturated heterocycles. The smallest absolute Gasteiger partial charge is 0.122 e. The topological polar surface area (TPSA) is 59.1 Å². The first kappa shape index (κ1) is 13.1. The molecule has 0 bridgehead atoms. The first-order valence-electron chi connectivity index (χ1n) is 6.19. The van der Waals surface area contributed by atoms with Crippen LogP contribution in [-0.4, -0.2) is 5.84 Å². The Morgan fingerprint density at radius 2 is 1.79 bits per heavy atom. The zero-order valence-corrected chi connectivity index (χ0v) is 11.2. The van der Waals surface area contributed by atoms with Gasteiger partial charge in [-0.3, -0.25) is 5.41 Å². The molecular formula is C16H18N2O. The van der Waals surface area contributed by atoms with E-state index in [9.17, 15) is 0 Å². The normalized spacial score (nSPS) is 10.2. The van der Waals surface area contributed by atoms with E-state index in [1.165, 1.54) is 16.7 Å². The number of ether oxygens (including phenoxy) is 1. The fourth-order valence-electron chi connectivity index (χ4n) is 1.85. The van der Waals surface area contributed by atoms with Crippen LogP contribution in [0.2, 0.25) is 0 Å². The molecule has 0 amide bonds. The molecule has 2 rings (SSSR count). The van der Waals surface area contributed by atoms with Crippen LogP contribution in [0.25, 0.3) is 0 Å². The molecule has 0 saturated carbocycles. The highest BCUT2D eigenvalue weighted by Gasteiger charge is 2.01. The summed E-state index contributed by atoms with van der Waals surface area (Å²) in [4.78, 5) is 0. The molecule has 0 aromatic heterocycles. The first-order chi connectivity index (χ1) is 9.06. The average molecular weight is 254 g/mol. The monoisotopic (exact) mass is 254 g/mol. The lowest BCUT2D eigenvalue weighted by Crippen LogP contribution is -2.10. The fraction of sp³-hybridized carbons (Fsp3) is 0.188. The molecule has 0 radical (unpaired) electrons. The van der Waals surface area contributed by atoms with Crippen molar-refractivity contribution in [3.63, 3.8) is 0 Å². The van der Waals surface area contributed by atoms with Crippen molar-refractivity contribution in [2.24, 2.45) is 5.73 Å². The van der Waals surface area contributed by atoms with Crippen molar-refractivity contribution in [3.8, 4) is 5.75 Å². The summed E-state index contributed by atoms with van der Waals surface area (Å²) < 4.78 is 5.75. The summed E-state index contributed by atoms with van der Waals surface area (Å²) in [5.74, 6) is 0.854. The summed E-state index contributed by atoms with van der Waals surface area (Å²) in [5.41, 5.74) is 9.77. The molecule has 0 atom stereocenters. The van der Waals surface area contributed by atoms with Crippen LogP contribution in [0.4, 0.5) is 0 Å². The van der Waals surface area contributed by atoms with E-state index in [1.54, 1.807) is 12.1 Å². The molecule has 19 heavy (non-hydrogen) atoms. The van der Waals surface area contributed by atoms with Gasteiger partial charge in [-0.2, -0.15) is 0 Å². The van der Waals surface area contributed by atoms with E-state index >= 15 is 0 Å². The molecule has 3 heteroatoms. The Labute approximate surface area is 113 Å². The minimum atomic E-state index is 0.0704. The van der Waals surface area contributed by atoms with Crippen LogP contribution in [0, 0.1) is 19.3 Å². The maximum Gasteiger partial charge on any atom is 0.122 e. The Morgan fingerprint density at radius 3 is 2.42 bits per heavy atom. The predicted molar refractivity (Wildman–Crippen MR) is 77.7 cm³/mol. The van der Waals surface area contributed by atoms with Crippen molar-refractivity contribution in [1.29, 1.82) is 5.41 Å². The van der Waals surface area contributed by atoms with Crippen LogP contribution in [0.15, 0.2) is 42.5 Å². The van der Waals surface area contributed by atoms with Gasteiger partial charge in [0.15, 0.2) is 0 Å². The molecule has 0 spiro atoms. The van der Waals surface area contributed by atoms with Crippen LogP contribution in [0.3, 0.4) is 0 Å². The highest BCUT2D eigenvalue weighted by molar-refractivity contribution is 5.94. The van der Waals surface area contributed by atoms with Crippen molar-refractivity contribution in [1.82, 2.24) is 0 Å². The van der Waals surface area contributed by atoms with Crippen molar-refractivity contribution in [2.75, 3.05) is 0 Å². The number of benzene rings is 2. The lowest BCUT2D eigenvalue weighted by Gasteiger charge is -2.10. The first-order valence-corrected chi connectivity index (χ1v) is 6.19. The molecule has 3 nitrogen and oxygen atoms in total. The van der Waals surface area contributed by atoms with Gasteiger partial charge in [0, 0.05) is 5.56 Å². The minimum Gasteiger partial charge on any atom is -0.489 e. The van der Waals surface area contributed by atoms with Gasteiger partial charge in [-0.15, -0.1) is 0 Å². The molecular weight excluding hydrogens is 236 g/mol. The van der Waals surface area contributed by atoms with Crippen molar-refractivity contribution in [2.45, 2.75) is 20.5 Å². The van der Waals surface area contributed by atoms with E-state index < -0.39 is 0 Å². The van der Waals surface area contributed by atoms with Gasteiger partial charge in [0.25, 0.3) is 0 Å². The molecule has 0 aliphatic rings. The zero-order chi connectivity index (χ0) is 13.8. The van der Waals surface area contributed by atoms with Gasteiger partial charge in [0.05, 0.1) is 0 Å². The van der Waals surface area contributed by atoms with Crippen LogP contribution in [0.5, 0.6) is 5.75 Å². The van der Waals surface area contributed by atoms with Crippen LogP contribution >= 0.6 is 0 Å². The number of aryl methyl sites for hydroxylation is 2. The molecule has 2 aromatic carbocycles. The lowest BCUT2D eigenvalue weighted by atomic mass is 10.1. The van der Waals surface area contributed by atoms with E-state index in [4.69, 9.17) is 15.9 Å². The second-order valence-corrected chi connectivity index (χ2v) is 4.66. The number of nitrogens with one attached hydrogen (secondary N) is 1. The Balaban J connectivity index is 2.06.